The average molecular weight is 469 g/mol. The maximum absolute atomic E-state index is 13.0. The average Bonchev–Trinajstić information content (AvgIpc) is 3.37. The summed E-state index contributed by atoms with van der Waals surface area (Å²) in [4.78, 5) is 38.6. The summed E-state index contributed by atoms with van der Waals surface area (Å²) in [5.41, 5.74) is -0.885. The zero-order chi connectivity index (χ0) is 24.4. The van der Waals surface area contributed by atoms with Crippen molar-refractivity contribution in [2.75, 3.05) is 0 Å². The molecule has 0 amide bonds. The van der Waals surface area contributed by atoms with Crippen molar-refractivity contribution in [3.8, 4) is 6.07 Å². The Bertz CT molecular complexity index is 1290. The topological polar surface area (TPSA) is 112 Å². The highest BCUT2D eigenvalue weighted by atomic mass is 16.7. The number of esters is 3. The molecule has 174 valence electrons. The Balaban J connectivity index is 1.46. The van der Waals surface area contributed by atoms with Crippen molar-refractivity contribution in [2.24, 2.45) is 0 Å². The van der Waals surface area contributed by atoms with Crippen LogP contribution in [0, 0.1) is 11.3 Å². The van der Waals surface area contributed by atoms with E-state index in [1.165, 1.54) is 0 Å². The number of carbonyl (C=O) groups excluding carboxylic acids is 3. The molecule has 8 heteroatoms. The molecule has 0 radical (unpaired) electrons. The fourth-order valence-electron chi connectivity index (χ4n) is 4.18. The minimum atomic E-state index is -1.66. The first-order valence-corrected chi connectivity index (χ1v) is 10.9. The van der Waals surface area contributed by atoms with E-state index in [0.717, 1.165) is 0 Å². The number of fused-ring (bicyclic) bond motifs is 1. The number of nitrogens with zero attached hydrogens (tertiary/aromatic N) is 1. The SMILES string of the molecule is N#C[C@@H]1O[C@@H]2C(OC(=O)c3ccccc3)[C@]2(OC(=O)c2ccccc2)[C@H]1OC(=O)c1ccccc1. The summed E-state index contributed by atoms with van der Waals surface area (Å²) in [6, 6.07) is 26.6. The number of hydrogen-bond acceptors (Lipinski definition) is 8. The molecule has 1 aliphatic heterocycles. The van der Waals surface area contributed by atoms with Gasteiger partial charge in [-0.1, -0.05) is 54.6 Å². The number of rotatable bonds is 6. The first-order chi connectivity index (χ1) is 17.0. The van der Waals surface area contributed by atoms with Gasteiger partial charge in [-0.15, -0.1) is 0 Å². The third-order valence-corrected chi connectivity index (χ3v) is 5.96. The summed E-state index contributed by atoms with van der Waals surface area (Å²) in [5.74, 6) is -2.11. The predicted molar refractivity (Wildman–Crippen MR) is 120 cm³/mol. The van der Waals surface area contributed by atoms with Gasteiger partial charge >= 0.3 is 17.9 Å². The molecule has 1 heterocycles. The Morgan fingerprint density at radius 2 is 1.11 bits per heavy atom. The zero-order valence-electron chi connectivity index (χ0n) is 18.3. The van der Waals surface area contributed by atoms with E-state index in [1.54, 1.807) is 91.0 Å². The molecule has 1 saturated carbocycles. The summed E-state index contributed by atoms with van der Waals surface area (Å²) in [5, 5.41) is 9.66. The molecule has 3 aromatic carbocycles. The lowest BCUT2D eigenvalue weighted by Gasteiger charge is -2.26. The third-order valence-electron chi connectivity index (χ3n) is 5.96. The van der Waals surface area contributed by atoms with E-state index in [1.807, 2.05) is 6.07 Å². The van der Waals surface area contributed by atoms with Gasteiger partial charge < -0.3 is 18.9 Å². The van der Waals surface area contributed by atoms with Crippen LogP contribution in [0.15, 0.2) is 91.0 Å². The second-order valence-corrected chi connectivity index (χ2v) is 8.10. The Hall–Kier alpha value is -4.48. The minimum Gasteiger partial charge on any atom is -0.451 e. The summed E-state index contributed by atoms with van der Waals surface area (Å²) < 4.78 is 22.8. The number of ether oxygens (including phenoxy) is 4. The minimum absolute atomic E-state index is 0.245. The Morgan fingerprint density at radius 1 is 0.686 bits per heavy atom. The number of benzene rings is 3. The van der Waals surface area contributed by atoms with Gasteiger partial charge in [-0.3, -0.25) is 0 Å². The van der Waals surface area contributed by atoms with E-state index < -0.39 is 47.9 Å². The molecule has 8 nitrogen and oxygen atoms in total. The van der Waals surface area contributed by atoms with Gasteiger partial charge in [0.1, 0.15) is 6.10 Å². The summed E-state index contributed by atoms with van der Waals surface area (Å²) in [6.07, 6.45) is -4.57. The van der Waals surface area contributed by atoms with Gasteiger partial charge in [-0.05, 0) is 36.4 Å². The van der Waals surface area contributed by atoms with Crippen LogP contribution in [-0.2, 0) is 18.9 Å². The molecule has 5 atom stereocenters. The van der Waals surface area contributed by atoms with Gasteiger partial charge in [-0.25, -0.2) is 14.4 Å². The van der Waals surface area contributed by atoms with Crippen LogP contribution in [0.4, 0.5) is 0 Å². The lowest BCUT2D eigenvalue weighted by Crippen LogP contribution is -2.45. The molecule has 0 N–H and O–H groups in total. The van der Waals surface area contributed by atoms with E-state index in [9.17, 15) is 19.6 Å². The fraction of sp³-hybridized carbons (Fsp3) is 0.185. The number of carbonyl (C=O) groups is 3. The number of nitriles is 1. The van der Waals surface area contributed by atoms with Crippen LogP contribution in [0.3, 0.4) is 0 Å². The molecular weight excluding hydrogens is 450 g/mol. The molecule has 35 heavy (non-hydrogen) atoms. The van der Waals surface area contributed by atoms with Crippen molar-refractivity contribution in [3.63, 3.8) is 0 Å². The molecule has 2 fully saturated rings. The van der Waals surface area contributed by atoms with Crippen molar-refractivity contribution < 1.29 is 33.3 Å². The van der Waals surface area contributed by atoms with Crippen molar-refractivity contribution >= 4 is 17.9 Å². The summed E-state index contributed by atoms with van der Waals surface area (Å²) >= 11 is 0. The number of hydrogen-bond donors (Lipinski definition) is 0. The predicted octanol–water partition coefficient (Wildman–Crippen LogP) is 3.34. The van der Waals surface area contributed by atoms with Crippen molar-refractivity contribution in [1.82, 2.24) is 0 Å². The van der Waals surface area contributed by atoms with E-state index in [-0.39, 0.29) is 16.7 Å². The van der Waals surface area contributed by atoms with Gasteiger partial charge in [0.25, 0.3) is 0 Å². The maximum atomic E-state index is 13.0. The van der Waals surface area contributed by atoms with Gasteiger partial charge in [0.2, 0.25) is 5.60 Å². The van der Waals surface area contributed by atoms with Crippen LogP contribution in [0.25, 0.3) is 0 Å². The molecule has 5 rings (SSSR count). The quantitative estimate of drug-likeness (QED) is 0.399. The van der Waals surface area contributed by atoms with Crippen molar-refractivity contribution in [3.05, 3.63) is 108 Å². The van der Waals surface area contributed by atoms with Gasteiger partial charge in [-0.2, -0.15) is 5.26 Å². The second kappa shape index (κ2) is 9.05. The molecule has 2 aliphatic rings. The third kappa shape index (κ3) is 4.03. The Labute approximate surface area is 200 Å². The molecule has 0 spiro atoms. The van der Waals surface area contributed by atoms with Crippen LogP contribution in [-0.4, -0.2) is 47.9 Å². The second-order valence-electron chi connectivity index (χ2n) is 8.10. The molecule has 3 aromatic rings. The Morgan fingerprint density at radius 3 is 1.57 bits per heavy atom. The largest absolute Gasteiger partial charge is 0.451 e. The van der Waals surface area contributed by atoms with Gasteiger partial charge in [0.05, 0.1) is 22.8 Å². The molecule has 0 bridgehead atoms. The van der Waals surface area contributed by atoms with E-state index in [4.69, 9.17) is 18.9 Å². The highest BCUT2D eigenvalue weighted by molar-refractivity contribution is 5.92. The highest BCUT2D eigenvalue weighted by Gasteiger charge is 2.84. The van der Waals surface area contributed by atoms with Crippen molar-refractivity contribution in [2.45, 2.75) is 30.0 Å². The van der Waals surface area contributed by atoms with Crippen molar-refractivity contribution in [1.29, 1.82) is 5.26 Å². The Kier molecular flexibility index (Phi) is 5.77. The summed E-state index contributed by atoms with van der Waals surface area (Å²) in [7, 11) is 0. The standard InChI is InChI=1S/C27H19NO7/c28-16-20-21(33-24(29)17-10-4-1-5-11-17)27(35-26(31)19-14-8-3-9-15-19)22(32-20)23(27)34-25(30)18-12-6-2-7-13-18/h1-15,20-23H/t20-,21-,22+,23?,27-/m0/s1. The maximum Gasteiger partial charge on any atom is 0.339 e. The molecule has 0 aromatic heterocycles. The van der Waals surface area contributed by atoms with Crippen LogP contribution >= 0.6 is 0 Å². The monoisotopic (exact) mass is 469 g/mol. The normalized spacial score (nSPS) is 26.0. The van der Waals surface area contributed by atoms with Gasteiger partial charge in [0, 0.05) is 0 Å². The van der Waals surface area contributed by atoms with E-state index in [0.29, 0.717) is 0 Å². The lowest BCUT2D eigenvalue weighted by atomic mass is 10.1. The zero-order valence-corrected chi connectivity index (χ0v) is 18.3. The van der Waals surface area contributed by atoms with Crippen LogP contribution in [0.5, 0.6) is 0 Å². The van der Waals surface area contributed by atoms with Crippen LogP contribution < -0.4 is 0 Å². The smallest absolute Gasteiger partial charge is 0.339 e. The molecule has 1 aliphatic carbocycles. The first-order valence-electron chi connectivity index (χ1n) is 10.9. The van der Waals surface area contributed by atoms with E-state index >= 15 is 0 Å². The van der Waals surface area contributed by atoms with Gasteiger partial charge in [0.15, 0.2) is 18.3 Å². The van der Waals surface area contributed by atoms with Crippen LogP contribution in [0.2, 0.25) is 0 Å². The molecule has 1 saturated heterocycles. The van der Waals surface area contributed by atoms with Crippen LogP contribution in [0.1, 0.15) is 31.1 Å². The highest BCUT2D eigenvalue weighted by Crippen LogP contribution is 2.56. The van der Waals surface area contributed by atoms with E-state index in [2.05, 4.69) is 0 Å². The fourth-order valence-corrected chi connectivity index (χ4v) is 4.18. The molecule has 1 unspecified atom stereocenters. The summed E-state index contributed by atoms with van der Waals surface area (Å²) in [6.45, 7) is 0. The first kappa shape index (κ1) is 22.3. The lowest BCUT2D eigenvalue weighted by molar-refractivity contribution is -0.0767. The molecular formula is C27H19NO7.